The van der Waals surface area contributed by atoms with Crippen LogP contribution in [-0.2, 0) is 14.3 Å². The predicted octanol–water partition coefficient (Wildman–Crippen LogP) is 1.66. The minimum atomic E-state index is -0.709. The number of aliphatic carboxylic acids is 1. The molecule has 1 N–H and O–H groups in total. The van der Waals surface area contributed by atoms with Gasteiger partial charge in [-0.15, -0.1) is 0 Å². The van der Waals surface area contributed by atoms with Gasteiger partial charge in [-0.1, -0.05) is 0 Å². The van der Waals surface area contributed by atoms with Gasteiger partial charge in [-0.25, -0.2) is 0 Å². The van der Waals surface area contributed by atoms with Crippen LogP contribution < -0.4 is 0 Å². The van der Waals surface area contributed by atoms with E-state index in [9.17, 15) is 9.59 Å². The third kappa shape index (κ3) is 3.69. The molecule has 1 atom stereocenters. The van der Waals surface area contributed by atoms with E-state index in [1.807, 2.05) is 11.8 Å². The lowest BCUT2D eigenvalue weighted by Crippen LogP contribution is -2.39. The van der Waals surface area contributed by atoms with Gasteiger partial charge in [-0.3, -0.25) is 9.59 Å². The fraction of sp³-hybridized carbons (Fsp3) is 0.857. The van der Waals surface area contributed by atoms with Gasteiger partial charge >= 0.3 is 5.97 Å². The van der Waals surface area contributed by atoms with E-state index in [2.05, 4.69) is 0 Å². The zero-order chi connectivity index (χ0) is 13.8. The summed E-state index contributed by atoms with van der Waals surface area (Å²) in [5.74, 6) is -0.859. The summed E-state index contributed by atoms with van der Waals surface area (Å²) in [4.78, 5) is 24.8. The Labute approximate surface area is 113 Å². The molecule has 2 fully saturated rings. The van der Waals surface area contributed by atoms with E-state index in [0.29, 0.717) is 12.8 Å². The first-order valence-corrected chi connectivity index (χ1v) is 7.25. The molecule has 1 aliphatic heterocycles. The molecule has 1 unspecified atom stereocenters. The average molecular weight is 269 g/mol. The molecule has 1 aliphatic carbocycles. The summed E-state index contributed by atoms with van der Waals surface area (Å²) >= 11 is 0. The van der Waals surface area contributed by atoms with Gasteiger partial charge in [0, 0.05) is 13.1 Å². The maximum Gasteiger partial charge on any atom is 0.306 e. The van der Waals surface area contributed by atoms with Crippen LogP contribution in [0.1, 0.15) is 45.4 Å². The van der Waals surface area contributed by atoms with E-state index < -0.39 is 12.1 Å². The SMILES string of the molecule is CC(OC1CCC(C(=O)O)CC1)C(=O)N1CCCC1. The highest BCUT2D eigenvalue weighted by Crippen LogP contribution is 2.27. The van der Waals surface area contributed by atoms with Crippen molar-refractivity contribution in [3.8, 4) is 0 Å². The minimum Gasteiger partial charge on any atom is -0.481 e. The van der Waals surface area contributed by atoms with Crippen molar-refractivity contribution in [3.63, 3.8) is 0 Å². The Balaban J connectivity index is 1.75. The topological polar surface area (TPSA) is 66.8 Å². The highest BCUT2D eigenvalue weighted by Gasteiger charge is 2.30. The molecule has 2 aliphatic rings. The monoisotopic (exact) mass is 269 g/mol. The van der Waals surface area contributed by atoms with E-state index in [-0.39, 0.29) is 17.9 Å². The molecule has 0 aromatic rings. The number of carboxylic acids is 1. The Hall–Kier alpha value is -1.10. The van der Waals surface area contributed by atoms with Crippen molar-refractivity contribution in [2.24, 2.45) is 5.92 Å². The van der Waals surface area contributed by atoms with Crippen LogP contribution in [0.5, 0.6) is 0 Å². The van der Waals surface area contributed by atoms with E-state index in [1.54, 1.807) is 0 Å². The quantitative estimate of drug-likeness (QED) is 0.843. The highest BCUT2D eigenvalue weighted by molar-refractivity contribution is 5.80. The molecule has 2 rings (SSSR count). The molecule has 0 bridgehead atoms. The first-order valence-electron chi connectivity index (χ1n) is 7.25. The summed E-state index contributed by atoms with van der Waals surface area (Å²) in [5.41, 5.74) is 0. The molecule has 0 spiro atoms. The van der Waals surface area contributed by atoms with Crippen molar-refractivity contribution in [2.75, 3.05) is 13.1 Å². The first kappa shape index (κ1) is 14.3. The average Bonchev–Trinajstić information content (AvgIpc) is 2.92. The summed E-state index contributed by atoms with van der Waals surface area (Å²) in [7, 11) is 0. The van der Waals surface area contributed by atoms with Crippen LogP contribution in [0.15, 0.2) is 0 Å². The lowest BCUT2D eigenvalue weighted by molar-refractivity contribution is -0.150. The number of likely N-dealkylation sites (tertiary alicyclic amines) is 1. The Morgan fingerprint density at radius 1 is 1.16 bits per heavy atom. The number of hydrogen-bond acceptors (Lipinski definition) is 3. The maximum absolute atomic E-state index is 12.1. The van der Waals surface area contributed by atoms with Gasteiger partial charge in [0.15, 0.2) is 0 Å². The Bertz CT molecular complexity index is 330. The third-order valence-electron chi connectivity index (χ3n) is 4.19. The molecule has 1 amide bonds. The number of carbonyl (C=O) groups is 2. The fourth-order valence-corrected chi connectivity index (χ4v) is 2.99. The molecular weight excluding hydrogens is 246 g/mol. The van der Waals surface area contributed by atoms with E-state index >= 15 is 0 Å². The van der Waals surface area contributed by atoms with E-state index in [4.69, 9.17) is 9.84 Å². The largest absolute Gasteiger partial charge is 0.481 e. The molecule has 1 saturated carbocycles. The first-order chi connectivity index (χ1) is 9.08. The van der Waals surface area contributed by atoms with Gasteiger partial charge in [0.1, 0.15) is 6.10 Å². The molecule has 0 radical (unpaired) electrons. The van der Waals surface area contributed by atoms with Crippen LogP contribution in [0.3, 0.4) is 0 Å². The van der Waals surface area contributed by atoms with Crippen LogP contribution in [0, 0.1) is 5.92 Å². The molecular formula is C14H23NO4. The zero-order valence-corrected chi connectivity index (χ0v) is 11.5. The van der Waals surface area contributed by atoms with Crippen molar-refractivity contribution < 1.29 is 19.4 Å². The molecule has 0 aromatic heterocycles. The van der Waals surface area contributed by atoms with Gasteiger partial charge in [-0.2, -0.15) is 0 Å². The van der Waals surface area contributed by atoms with Gasteiger partial charge in [0.2, 0.25) is 0 Å². The third-order valence-corrected chi connectivity index (χ3v) is 4.19. The van der Waals surface area contributed by atoms with Crippen LogP contribution in [0.25, 0.3) is 0 Å². The van der Waals surface area contributed by atoms with Crippen molar-refractivity contribution in [1.82, 2.24) is 4.90 Å². The normalized spacial score (nSPS) is 29.2. The van der Waals surface area contributed by atoms with Crippen molar-refractivity contribution in [1.29, 1.82) is 0 Å². The van der Waals surface area contributed by atoms with Gasteiger partial charge < -0.3 is 14.7 Å². The maximum atomic E-state index is 12.1. The fourth-order valence-electron chi connectivity index (χ4n) is 2.99. The minimum absolute atomic E-state index is 0.0390. The number of amides is 1. The van der Waals surface area contributed by atoms with E-state index in [0.717, 1.165) is 38.8 Å². The second-order valence-corrected chi connectivity index (χ2v) is 5.62. The van der Waals surface area contributed by atoms with Gasteiger partial charge in [0.25, 0.3) is 5.91 Å². The highest BCUT2D eigenvalue weighted by atomic mass is 16.5. The number of carboxylic acid groups (broad SMARTS) is 1. The predicted molar refractivity (Wildman–Crippen MR) is 69.7 cm³/mol. The van der Waals surface area contributed by atoms with Crippen LogP contribution >= 0.6 is 0 Å². The van der Waals surface area contributed by atoms with Gasteiger partial charge in [0.05, 0.1) is 12.0 Å². The second-order valence-electron chi connectivity index (χ2n) is 5.62. The molecule has 19 heavy (non-hydrogen) atoms. The Morgan fingerprint density at radius 2 is 1.74 bits per heavy atom. The standard InChI is InChI=1S/C14H23NO4/c1-10(13(16)15-8-2-3-9-15)19-12-6-4-11(5-7-12)14(17)18/h10-12H,2-9H2,1H3,(H,17,18). The van der Waals surface area contributed by atoms with Crippen LogP contribution in [0.2, 0.25) is 0 Å². The van der Waals surface area contributed by atoms with Crippen molar-refractivity contribution in [3.05, 3.63) is 0 Å². The number of ether oxygens (including phenoxy) is 1. The zero-order valence-electron chi connectivity index (χ0n) is 11.5. The smallest absolute Gasteiger partial charge is 0.306 e. The summed E-state index contributed by atoms with van der Waals surface area (Å²) in [6, 6.07) is 0. The molecule has 5 nitrogen and oxygen atoms in total. The van der Waals surface area contributed by atoms with Crippen LogP contribution in [-0.4, -0.2) is 47.2 Å². The Morgan fingerprint density at radius 3 is 2.26 bits per heavy atom. The molecule has 0 aromatic carbocycles. The summed E-state index contributed by atoms with van der Waals surface area (Å²) in [6.45, 7) is 3.50. The molecule has 1 saturated heterocycles. The number of rotatable bonds is 4. The summed E-state index contributed by atoms with van der Waals surface area (Å²) in [6.07, 6.45) is 4.62. The molecule has 1 heterocycles. The number of hydrogen-bond donors (Lipinski definition) is 1. The van der Waals surface area contributed by atoms with Crippen LogP contribution in [0.4, 0.5) is 0 Å². The molecule has 108 valence electrons. The van der Waals surface area contributed by atoms with E-state index in [1.165, 1.54) is 0 Å². The van der Waals surface area contributed by atoms with Crippen molar-refractivity contribution >= 4 is 11.9 Å². The summed E-state index contributed by atoms with van der Waals surface area (Å²) in [5, 5.41) is 8.94. The summed E-state index contributed by atoms with van der Waals surface area (Å²) < 4.78 is 5.81. The lowest BCUT2D eigenvalue weighted by atomic mass is 9.87. The Kier molecular flexibility index (Phi) is 4.80. The lowest BCUT2D eigenvalue weighted by Gasteiger charge is -2.29. The second kappa shape index (κ2) is 6.37. The van der Waals surface area contributed by atoms with Gasteiger partial charge in [-0.05, 0) is 45.4 Å². The van der Waals surface area contributed by atoms with Crippen molar-refractivity contribution in [2.45, 2.75) is 57.7 Å². The number of nitrogens with zero attached hydrogens (tertiary/aromatic N) is 1. The molecule has 5 heteroatoms. The number of carbonyl (C=O) groups excluding carboxylic acids is 1.